The molecule has 0 fully saturated rings. The molecule has 0 aliphatic rings. The molecule has 0 radical (unpaired) electrons. The molecule has 4 heteroatoms. The van der Waals surface area contributed by atoms with Crippen molar-refractivity contribution in [2.45, 2.75) is 6.04 Å². The van der Waals surface area contributed by atoms with Crippen molar-refractivity contribution in [2.75, 3.05) is 0 Å². The topological polar surface area (TPSA) is 46.2 Å². The third kappa shape index (κ3) is 1.84. The molecule has 1 aromatic carbocycles. The van der Waals surface area contributed by atoms with E-state index in [4.69, 9.17) is 5.73 Å². The van der Waals surface area contributed by atoms with Gasteiger partial charge in [0.05, 0.1) is 6.04 Å². The van der Waals surface area contributed by atoms with Crippen LogP contribution >= 0.6 is 0 Å². The van der Waals surface area contributed by atoms with Gasteiger partial charge in [-0.05, 0) is 6.07 Å². The van der Waals surface area contributed by atoms with E-state index in [0.717, 1.165) is 6.07 Å². The average molecular weight is 185 g/mol. The van der Waals surface area contributed by atoms with Gasteiger partial charge in [-0.2, -0.15) is 0 Å². The molecular formula is C9H9F2NO. The van der Waals surface area contributed by atoms with Crippen molar-refractivity contribution in [3.8, 4) is 5.75 Å². The van der Waals surface area contributed by atoms with E-state index in [9.17, 15) is 13.9 Å². The van der Waals surface area contributed by atoms with E-state index >= 15 is 0 Å². The van der Waals surface area contributed by atoms with Crippen LogP contribution in [-0.2, 0) is 0 Å². The summed E-state index contributed by atoms with van der Waals surface area (Å²) in [5, 5.41) is 9.18. The number of phenolic OH excluding ortho intramolecular Hbond substituents is 1. The largest absolute Gasteiger partial charge is 0.507 e. The quantitative estimate of drug-likeness (QED) is 0.691. The van der Waals surface area contributed by atoms with E-state index in [0.29, 0.717) is 6.07 Å². The highest BCUT2D eigenvalue weighted by molar-refractivity contribution is 5.37. The van der Waals surface area contributed by atoms with Gasteiger partial charge in [0.15, 0.2) is 11.6 Å². The Bertz CT molecular complexity index is 339. The first kappa shape index (κ1) is 9.67. The Balaban J connectivity index is 3.22. The van der Waals surface area contributed by atoms with Crippen LogP contribution in [0.4, 0.5) is 8.78 Å². The summed E-state index contributed by atoms with van der Waals surface area (Å²) < 4.78 is 25.2. The maximum absolute atomic E-state index is 12.7. The van der Waals surface area contributed by atoms with E-state index in [1.54, 1.807) is 0 Å². The van der Waals surface area contributed by atoms with Gasteiger partial charge in [0.1, 0.15) is 5.75 Å². The first-order valence-electron chi connectivity index (χ1n) is 3.62. The Labute approximate surface area is 74.3 Å². The maximum atomic E-state index is 12.7. The van der Waals surface area contributed by atoms with Crippen LogP contribution in [-0.4, -0.2) is 5.11 Å². The molecule has 0 aliphatic heterocycles. The number of phenols is 1. The molecule has 1 rings (SSSR count). The lowest BCUT2D eigenvalue weighted by Crippen LogP contribution is -2.07. The molecule has 0 amide bonds. The predicted molar refractivity (Wildman–Crippen MR) is 45.1 cm³/mol. The number of benzene rings is 1. The lowest BCUT2D eigenvalue weighted by atomic mass is 10.1. The second-order valence-electron chi connectivity index (χ2n) is 2.59. The van der Waals surface area contributed by atoms with Gasteiger partial charge in [-0.3, -0.25) is 0 Å². The van der Waals surface area contributed by atoms with Gasteiger partial charge in [-0.1, -0.05) is 6.08 Å². The molecule has 1 aromatic rings. The summed E-state index contributed by atoms with van der Waals surface area (Å²) in [5.74, 6) is -2.51. The molecular weight excluding hydrogens is 176 g/mol. The minimum Gasteiger partial charge on any atom is -0.507 e. The number of rotatable bonds is 2. The second-order valence-corrected chi connectivity index (χ2v) is 2.59. The number of nitrogens with two attached hydrogens (primary N) is 1. The summed E-state index contributed by atoms with van der Waals surface area (Å²) in [5.41, 5.74) is 5.57. The molecule has 0 spiro atoms. The second kappa shape index (κ2) is 3.53. The van der Waals surface area contributed by atoms with Crippen molar-refractivity contribution in [1.29, 1.82) is 0 Å². The SMILES string of the molecule is C=C[C@@H](N)c1cc(F)c(F)cc1O. The van der Waals surface area contributed by atoms with Crippen molar-refractivity contribution < 1.29 is 13.9 Å². The smallest absolute Gasteiger partial charge is 0.162 e. The summed E-state index contributed by atoms with van der Waals surface area (Å²) in [4.78, 5) is 0. The van der Waals surface area contributed by atoms with Gasteiger partial charge in [0.25, 0.3) is 0 Å². The first-order chi connectivity index (χ1) is 6.06. The molecule has 1 atom stereocenters. The summed E-state index contributed by atoms with van der Waals surface area (Å²) in [6.45, 7) is 3.38. The van der Waals surface area contributed by atoms with Crippen molar-refractivity contribution in [2.24, 2.45) is 5.73 Å². The molecule has 0 saturated carbocycles. The van der Waals surface area contributed by atoms with E-state index in [1.807, 2.05) is 0 Å². The van der Waals surface area contributed by atoms with Crippen LogP contribution in [0.5, 0.6) is 5.75 Å². The van der Waals surface area contributed by atoms with E-state index in [1.165, 1.54) is 6.08 Å². The van der Waals surface area contributed by atoms with Gasteiger partial charge in [0.2, 0.25) is 0 Å². The van der Waals surface area contributed by atoms with Crippen LogP contribution in [0.2, 0.25) is 0 Å². The molecule has 0 unspecified atom stereocenters. The molecule has 13 heavy (non-hydrogen) atoms. The summed E-state index contributed by atoms with van der Waals surface area (Å²) >= 11 is 0. The van der Waals surface area contributed by atoms with Crippen molar-refractivity contribution in [3.63, 3.8) is 0 Å². The Morgan fingerprint density at radius 1 is 1.38 bits per heavy atom. The minimum absolute atomic E-state index is 0.119. The fourth-order valence-electron chi connectivity index (χ4n) is 0.946. The lowest BCUT2D eigenvalue weighted by Gasteiger charge is -2.09. The van der Waals surface area contributed by atoms with Gasteiger partial charge in [-0.25, -0.2) is 8.78 Å². The summed E-state index contributed by atoms with van der Waals surface area (Å²) in [7, 11) is 0. The average Bonchev–Trinajstić information content (AvgIpc) is 2.10. The van der Waals surface area contributed by atoms with Crippen LogP contribution in [0.1, 0.15) is 11.6 Å². The van der Waals surface area contributed by atoms with Crippen LogP contribution in [0.25, 0.3) is 0 Å². The van der Waals surface area contributed by atoms with Crippen molar-refractivity contribution in [3.05, 3.63) is 42.0 Å². The van der Waals surface area contributed by atoms with E-state index < -0.39 is 17.7 Å². The third-order valence-corrected chi connectivity index (χ3v) is 1.68. The molecule has 0 aliphatic carbocycles. The molecule has 3 N–H and O–H groups in total. The molecule has 70 valence electrons. The highest BCUT2D eigenvalue weighted by Gasteiger charge is 2.12. The van der Waals surface area contributed by atoms with E-state index in [2.05, 4.69) is 6.58 Å². The van der Waals surface area contributed by atoms with Gasteiger partial charge in [0, 0.05) is 11.6 Å². The Hall–Kier alpha value is -1.42. The standard InChI is InChI=1S/C9H9F2NO/c1-2-8(12)5-3-6(10)7(11)4-9(5)13/h2-4,8,13H,1,12H2/t8-/m1/s1. The Morgan fingerprint density at radius 2 is 1.92 bits per heavy atom. The Morgan fingerprint density at radius 3 is 2.46 bits per heavy atom. The van der Waals surface area contributed by atoms with Crippen LogP contribution < -0.4 is 5.73 Å². The third-order valence-electron chi connectivity index (χ3n) is 1.68. The monoisotopic (exact) mass is 185 g/mol. The van der Waals surface area contributed by atoms with Crippen molar-refractivity contribution >= 4 is 0 Å². The highest BCUT2D eigenvalue weighted by Crippen LogP contribution is 2.25. The molecule has 2 nitrogen and oxygen atoms in total. The van der Waals surface area contributed by atoms with E-state index in [-0.39, 0.29) is 11.3 Å². The number of halogens is 2. The zero-order valence-electron chi connectivity index (χ0n) is 6.80. The fourth-order valence-corrected chi connectivity index (χ4v) is 0.946. The minimum atomic E-state index is -1.10. The number of hydrogen-bond acceptors (Lipinski definition) is 2. The summed E-state index contributed by atoms with van der Waals surface area (Å²) in [6, 6.07) is 0.848. The van der Waals surface area contributed by atoms with Gasteiger partial charge >= 0.3 is 0 Å². The number of hydrogen-bond donors (Lipinski definition) is 2. The van der Waals surface area contributed by atoms with Gasteiger partial charge < -0.3 is 10.8 Å². The number of aromatic hydroxyl groups is 1. The first-order valence-corrected chi connectivity index (χ1v) is 3.62. The zero-order valence-corrected chi connectivity index (χ0v) is 6.80. The van der Waals surface area contributed by atoms with Gasteiger partial charge in [-0.15, -0.1) is 6.58 Å². The van der Waals surface area contributed by atoms with Crippen LogP contribution in [0.3, 0.4) is 0 Å². The van der Waals surface area contributed by atoms with Crippen LogP contribution in [0.15, 0.2) is 24.8 Å². The maximum Gasteiger partial charge on any atom is 0.162 e. The van der Waals surface area contributed by atoms with Crippen LogP contribution in [0, 0.1) is 11.6 Å². The zero-order chi connectivity index (χ0) is 10.0. The Kier molecular flexibility index (Phi) is 2.63. The fraction of sp³-hybridized carbons (Fsp3) is 0.111. The summed E-state index contributed by atoms with van der Waals surface area (Å²) in [6.07, 6.45) is 1.33. The predicted octanol–water partition coefficient (Wildman–Crippen LogP) is 1.86. The molecule has 0 saturated heterocycles. The molecule has 0 aromatic heterocycles. The van der Waals surface area contributed by atoms with Crippen molar-refractivity contribution in [1.82, 2.24) is 0 Å². The highest BCUT2D eigenvalue weighted by atomic mass is 19.2. The molecule has 0 bridgehead atoms. The molecule has 0 heterocycles. The normalized spacial score (nSPS) is 12.5. The lowest BCUT2D eigenvalue weighted by molar-refractivity contribution is 0.445.